The number of fused-ring (bicyclic) bond motifs is 2. The number of hydrogen-bond acceptors (Lipinski definition) is 4. The number of nitrogens with zero attached hydrogens (tertiary/aromatic N) is 2. The van der Waals surface area contributed by atoms with Crippen molar-refractivity contribution in [3.8, 4) is 0 Å². The summed E-state index contributed by atoms with van der Waals surface area (Å²) in [4.78, 5) is 33.1. The Hall–Kier alpha value is -3.25. The molecule has 5 nitrogen and oxygen atoms in total. The Labute approximate surface area is 193 Å². The molecule has 1 amide bonds. The highest BCUT2D eigenvalue weighted by Gasteiger charge is 2.44. The molecule has 2 aromatic heterocycles. The van der Waals surface area contributed by atoms with Crippen molar-refractivity contribution in [3.05, 3.63) is 104 Å². The summed E-state index contributed by atoms with van der Waals surface area (Å²) in [7, 11) is 0. The molecule has 2 aromatic carbocycles. The monoisotopic (exact) mass is 488 g/mol. The fourth-order valence-corrected chi connectivity index (χ4v) is 4.52. The van der Waals surface area contributed by atoms with E-state index in [1.54, 1.807) is 41.4 Å². The fourth-order valence-electron chi connectivity index (χ4n) is 4.16. The smallest absolute Gasteiger partial charge is 0.296 e. The number of amides is 1. The van der Waals surface area contributed by atoms with Crippen LogP contribution in [0.3, 0.4) is 0 Å². The van der Waals surface area contributed by atoms with Crippen molar-refractivity contribution in [1.29, 1.82) is 0 Å². The minimum absolute atomic E-state index is 0.00981. The molecule has 0 N–H and O–H groups in total. The Kier molecular flexibility index (Phi) is 4.78. The molecule has 160 valence electrons. The molecular formula is C26H21BrN2O3. The number of anilines is 1. The number of rotatable bonds is 2. The van der Waals surface area contributed by atoms with Gasteiger partial charge in [-0.25, -0.2) is 4.98 Å². The van der Waals surface area contributed by atoms with E-state index < -0.39 is 6.04 Å². The molecule has 6 heteroatoms. The molecule has 4 aromatic rings. The van der Waals surface area contributed by atoms with Gasteiger partial charge in [0.15, 0.2) is 5.43 Å². The molecule has 0 saturated carbocycles. The van der Waals surface area contributed by atoms with Gasteiger partial charge in [-0.1, -0.05) is 67.0 Å². The summed E-state index contributed by atoms with van der Waals surface area (Å²) in [6.45, 7) is 6.44. The average Bonchev–Trinajstić information content (AvgIpc) is 3.07. The zero-order valence-electron chi connectivity index (χ0n) is 17.9. The van der Waals surface area contributed by atoms with E-state index in [0.29, 0.717) is 22.4 Å². The lowest BCUT2D eigenvalue weighted by Gasteiger charge is -2.25. The van der Waals surface area contributed by atoms with Crippen LogP contribution in [0.15, 0.2) is 80.5 Å². The van der Waals surface area contributed by atoms with E-state index in [2.05, 4.69) is 41.7 Å². The molecule has 0 fully saturated rings. The van der Waals surface area contributed by atoms with Gasteiger partial charge in [-0.15, -0.1) is 0 Å². The average molecular weight is 489 g/mol. The maximum Gasteiger partial charge on any atom is 0.296 e. The van der Waals surface area contributed by atoms with E-state index in [9.17, 15) is 9.59 Å². The van der Waals surface area contributed by atoms with Gasteiger partial charge in [0.1, 0.15) is 11.4 Å². The van der Waals surface area contributed by atoms with Crippen LogP contribution in [0.25, 0.3) is 11.0 Å². The molecule has 0 bridgehead atoms. The number of carbonyl (C=O) groups is 1. The number of carbonyl (C=O) groups excluding carboxylic acids is 1. The van der Waals surface area contributed by atoms with Gasteiger partial charge >= 0.3 is 0 Å². The molecule has 0 saturated heterocycles. The molecule has 0 spiro atoms. The normalized spacial score (nSPS) is 15.9. The van der Waals surface area contributed by atoms with Crippen LogP contribution in [0.4, 0.5) is 5.82 Å². The van der Waals surface area contributed by atoms with Crippen molar-refractivity contribution < 1.29 is 9.21 Å². The molecule has 32 heavy (non-hydrogen) atoms. The van der Waals surface area contributed by atoms with Crippen LogP contribution in [0.1, 0.15) is 54.1 Å². The van der Waals surface area contributed by atoms with Gasteiger partial charge in [-0.2, -0.15) is 0 Å². The first kappa shape index (κ1) is 20.6. The van der Waals surface area contributed by atoms with Gasteiger partial charge in [-0.3, -0.25) is 14.5 Å². The number of halogens is 1. The highest BCUT2D eigenvalue weighted by atomic mass is 79.9. The standard InChI is InChI=1S/C26H21BrN2O3/c1-26(2,3)16-9-7-15(8-10-16)22-21-23(30)18-14-17(27)11-12-19(18)32-24(21)25(31)29(22)20-6-4-5-13-28-20/h4-14,22H,1-3H3. The molecule has 5 rings (SSSR count). The van der Waals surface area contributed by atoms with Crippen LogP contribution < -0.4 is 10.3 Å². The zero-order valence-corrected chi connectivity index (χ0v) is 19.5. The molecule has 3 heterocycles. The van der Waals surface area contributed by atoms with E-state index in [1.807, 2.05) is 30.3 Å². The van der Waals surface area contributed by atoms with Crippen LogP contribution in [0.5, 0.6) is 0 Å². The maximum absolute atomic E-state index is 13.6. The topological polar surface area (TPSA) is 63.4 Å². The minimum Gasteiger partial charge on any atom is -0.450 e. The highest BCUT2D eigenvalue weighted by molar-refractivity contribution is 9.10. The third-order valence-electron chi connectivity index (χ3n) is 5.82. The highest BCUT2D eigenvalue weighted by Crippen LogP contribution is 2.41. The zero-order chi connectivity index (χ0) is 22.6. The van der Waals surface area contributed by atoms with E-state index in [1.165, 1.54) is 5.56 Å². The lowest BCUT2D eigenvalue weighted by Crippen LogP contribution is -2.30. The minimum atomic E-state index is -0.624. The second-order valence-corrected chi connectivity index (χ2v) is 9.87. The number of benzene rings is 2. The third-order valence-corrected chi connectivity index (χ3v) is 6.31. The Bertz CT molecular complexity index is 1400. The van der Waals surface area contributed by atoms with Crippen LogP contribution in [-0.4, -0.2) is 10.9 Å². The Morgan fingerprint density at radius 1 is 1.00 bits per heavy atom. The van der Waals surface area contributed by atoms with Gasteiger partial charge in [0.05, 0.1) is 17.0 Å². The van der Waals surface area contributed by atoms with Gasteiger partial charge in [0.2, 0.25) is 5.76 Å². The summed E-state index contributed by atoms with van der Waals surface area (Å²) >= 11 is 3.43. The first-order chi connectivity index (χ1) is 15.3. The second-order valence-electron chi connectivity index (χ2n) is 8.95. The predicted molar refractivity (Wildman–Crippen MR) is 128 cm³/mol. The number of aromatic nitrogens is 1. The maximum atomic E-state index is 13.6. The Morgan fingerprint density at radius 3 is 2.41 bits per heavy atom. The first-order valence-electron chi connectivity index (χ1n) is 10.4. The molecule has 1 aliphatic heterocycles. The summed E-state index contributed by atoms with van der Waals surface area (Å²) in [6, 6.07) is 18.0. The molecule has 1 unspecified atom stereocenters. The van der Waals surface area contributed by atoms with E-state index >= 15 is 0 Å². The predicted octanol–water partition coefficient (Wildman–Crippen LogP) is 6.00. The van der Waals surface area contributed by atoms with Crippen molar-refractivity contribution in [2.45, 2.75) is 32.2 Å². The van der Waals surface area contributed by atoms with Crippen molar-refractivity contribution in [3.63, 3.8) is 0 Å². The van der Waals surface area contributed by atoms with E-state index in [0.717, 1.165) is 10.0 Å². The van der Waals surface area contributed by atoms with Crippen LogP contribution in [0.2, 0.25) is 0 Å². The van der Waals surface area contributed by atoms with Crippen LogP contribution in [0, 0.1) is 0 Å². The largest absolute Gasteiger partial charge is 0.450 e. The molecular weight excluding hydrogens is 468 g/mol. The number of hydrogen-bond donors (Lipinski definition) is 0. The summed E-state index contributed by atoms with van der Waals surface area (Å²) < 4.78 is 6.77. The van der Waals surface area contributed by atoms with Gasteiger partial charge in [0, 0.05) is 10.7 Å². The van der Waals surface area contributed by atoms with Crippen LogP contribution in [-0.2, 0) is 5.41 Å². The van der Waals surface area contributed by atoms with Crippen molar-refractivity contribution >= 4 is 38.6 Å². The van der Waals surface area contributed by atoms with E-state index in [-0.39, 0.29) is 22.5 Å². The van der Waals surface area contributed by atoms with Crippen molar-refractivity contribution in [1.82, 2.24) is 4.98 Å². The summed E-state index contributed by atoms with van der Waals surface area (Å²) in [5.74, 6) is 0.171. The summed E-state index contributed by atoms with van der Waals surface area (Å²) in [5.41, 5.74) is 2.51. The summed E-state index contributed by atoms with van der Waals surface area (Å²) in [5, 5.41) is 0.435. The summed E-state index contributed by atoms with van der Waals surface area (Å²) in [6.07, 6.45) is 1.63. The molecule has 0 radical (unpaired) electrons. The molecule has 1 atom stereocenters. The lowest BCUT2D eigenvalue weighted by atomic mass is 9.86. The van der Waals surface area contributed by atoms with Crippen molar-refractivity contribution in [2.75, 3.05) is 4.90 Å². The fraction of sp³-hybridized carbons (Fsp3) is 0.192. The van der Waals surface area contributed by atoms with Gasteiger partial charge < -0.3 is 4.42 Å². The molecule has 1 aliphatic rings. The van der Waals surface area contributed by atoms with Crippen molar-refractivity contribution in [2.24, 2.45) is 0 Å². The number of pyridine rings is 1. The SMILES string of the molecule is CC(C)(C)c1ccc(C2c3c(oc4ccc(Br)cc4c3=O)C(=O)N2c2ccccn2)cc1. The van der Waals surface area contributed by atoms with Gasteiger partial charge in [0.25, 0.3) is 5.91 Å². The Morgan fingerprint density at radius 2 is 1.75 bits per heavy atom. The van der Waals surface area contributed by atoms with Gasteiger partial charge in [-0.05, 0) is 46.9 Å². The quantitative estimate of drug-likeness (QED) is 0.347. The lowest BCUT2D eigenvalue weighted by molar-refractivity contribution is 0.0970. The van der Waals surface area contributed by atoms with E-state index in [4.69, 9.17) is 4.42 Å². The first-order valence-corrected chi connectivity index (χ1v) is 11.2. The van der Waals surface area contributed by atoms with Crippen LogP contribution >= 0.6 is 15.9 Å². The third kappa shape index (κ3) is 3.26. The molecule has 0 aliphatic carbocycles. The second kappa shape index (κ2) is 7.41. The Balaban J connectivity index is 1.77.